The number of aromatic nitrogens is 2. The van der Waals surface area contributed by atoms with E-state index in [1.54, 1.807) is 5.57 Å². The first-order chi connectivity index (χ1) is 8.13. The van der Waals surface area contributed by atoms with Gasteiger partial charge in [0.1, 0.15) is 0 Å². The number of rotatable bonds is 4. The summed E-state index contributed by atoms with van der Waals surface area (Å²) in [7, 11) is 1.96. The molecule has 0 aromatic carbocycles. The summed E-state index contributed by atoms with van der Waals surface area (Å²) in [5.41, 5.74) is 2.68. The van der Waals surface area contributed by atoms with Gasteiger partial charge in [0.15, 0.2) is 0 Å². The molecule has 0 radical (unpaired) electrons. The first-order valence-electron chi connectivity index (χ1n) is 6.50. The number of allylic oxidation sites excluding steroid dienone is 2. The summed E-state index contributed by atoms with van der Waals surface area (Å²) in [4.78, 5) is 0. The highest BCUT2D eigenvalue weighted by Crippen LogP contribution is 2.27. The molecule has 1 aliphatic carbocycles. The average molecular weight is 233 g/mol. The van der Waals surface area contributed by atoms with E-state index in [4.69, 9.17) is 0 Å². The van der Waals surface area contributed by atoms with Crippen molar-refractivity contribution in [2.24, 2.45) is 18.9 Å². The zero-order chi connectivity index (χ0) is 12.3. The van der Waals surface area contributed by atoms with E-state index in [2.05, 4.69) is 36.4 Å². The second-order valence-corrected chi connectivity index (χ2v) is 5.41. The van der Waals surface area contributed by atoms with Gasteiger partial charge in [-0.25, -0.2) is 0 Å². The molecule has 0 aliphatic heterocycles. The Labute approximate surface area is 104 Å². The van der Waals surface area contributed by atoms with E-state index in [0.29, 0.717) is 0 Å². The molecule has 94 valence electrons. The zero-order valence-corrected chi connectivity index (χ0v) is 11.1. The van der Waals surface area contributed by atoms with Gasteiger partial charge in [0.2, 0.25) is 0 Å². The van der Waals surface area contributed by atoms with Gasteiger partial charge in [-0.05, 0) is 44.2 Å². The van der Waals surface area contributed by atoms with Crippen LogP contribution >= 0.6 is 0 Å². The maximum absolute atomic E-state index is 4.37. The molecule has 0 bridgehead atoms. The molecule has 0 spiro atoms. The van der Waals surface area contributed by atoms with E-state index in [1.165, 1.54) is 12.8 Å². The van der Waals surface area contributed by atoms with Crippen molar-refractivity contribution in [2.45, 2.75) is 33.2 Å². The number of nitrogens with zero attached hydrogens (tertiary/aromatic N) is 2. The maximum Gasteiger partial charge on any atom is 0.0762 e. The molecule has 17 heavy (non-hydrogen) atoms. The van der Waals surface area contributed by atoms with Crippen LogP contribution in [-0.4, -0.2) is 16.3 Å². The normalized spacial score (nSPS) is 24.8. The fraction of sp³-hybridized carbons (Fsp3) is 0.643. The van der Waals surface area contributed by atoms with E-state index in [-0.39, 0.29) is 0 Å². The highest BCUT2D eigenvalue weighted by Gasteiger charge is 2.17. The number of aryl methyl sites for hydroxylation is 1. The standard InChI is InChI=1S/C14H23N3/c1-11-6-12(2)8-13(7-11)9-15-10-14-4-5-17(3)16-14/h4-6,11,13,15H,7-10H2,1-3H3. The summed E-state index contributed by atoms with van der Waals surface area (Å²) in [5.74, 6) is 1.53. The Hall–Kier alpha value is -1.09. The molecular weight excluding hydrogens is 210 g/mol. The third-order valence-corrected chi connectivity index (χ3v) is 3.39. The Balaban J connectivity index is 1.74. The van der Waals surface area contributed by atoms with Crippen LogP contribution in [-0.2, 0) is 13.6 Å². The topological polar surface area (TPSA) is 29.9 Å². The summed E-state index contributed by atoms with van der Waals surface area (Å²) < 4.78 is 1.85. The van der Waals surface area contributed by atoms with Crippen molar-refractivity contribution >= 4 is 0 Å². The van der Waals surface area contributed by atoms with Crippen LogP contribution < -0.4 is 5.32 Å². The van der Waals surface area contributed by atoms with Crippen molar-refractivity contribution in [3.05, 3.63) is 29.6 Å². The van der Waals surface area contributed by atoms with E-state index < -0.39 is 0 Å². The van der Waals surface area contributed by atoms with Gasteiger partial charge in [-0.15, -0.1) is 0 Å². The van der Waals surface area contributed by atoms with E-state index in [1.807, 2.05) is 17.9 Å². The summed E-state index contributed by atoms with van der Waals surface area (Å²) in [6.07, 6.45) is 6.97. The number of nitrogens with one attached hydrogen (secondary N) is 1. The molecule has 2 atom stereocenters. The first-order valence-corrected chi connectivity index (χ1v) is 6.50. The SMILES string of the molecule is CC1=CC(C)CC(CNCc2ccn(C)n2)C1. The highest BCUT2D eigenvalue weighted by molar-refractivity contribution is 5.06. The van der Waals surface area contributed by atoms with Crippen molar-refractivity contribution in [3.8, 4) is 0 Å². The van der Waals surface area contributed by atoms with Crippen molar-refractivity contribution < 1.29 is 0 Å². The molecule has 2 rings (SSSR count). The lowest BCUT2D eigenvalue weighted by Crippen LogP contribution is -2.26. The van der Waals surface area contributed by atoms with Gasteiger partial charge in [-0.1, -0.05) is 18.6 Å². The average Bonchev–Trinajstić information content (AvgIpc) is 2.63. The fourth-order valence-corrected chi connectivity index (χ4v) is 2.80. The lowest BCUT2D eigenvalue weighted by atomic mass is 9.84. The molecule has 1 N–H and O–H groups in total. The molecule has 2 unspecified atom stereocenters. The van der Waals surface area contributed by atoms with Gasteiger partial charge >= 0.3 is 0 Å². The second-order valence-electron chi connectivity index (χ2n) is 5.41. The molecule has 1 heterocycles. The second kappa shape index (κ2) is 5.50. The third-order valence-electron chi connectivity index (χ3n) is 3.39. The van der Waals surface area contributed by atoms with Crippen molar-refractivity contribution in [3.63, 3.8) is 0 Å². The molecule has 0 amide bonds. The van der Waals surface area contributed by atoms with Gasteiger partial charge in [0.25, 0.3) is 0 Å². The molecule has 3 heteroatoms. The first kappa shape index (κ1) is 12.4. The van der Waals surface area contributed by atoms with Crippen molar-refractivity contribution in [2.75, 3.05) is 6.54 Å². The molecule has 0 saturated heterocycles. The van der Waals surface area contributed by atoms with E-state index in [9.17, 15) is 0 Å². The molecule has 1 aromatic rings. The van der Waals surface area contributed by atoms with E-state index >= 15 is 0 Å². The minimum atomic E-state index is 0.741. The maximum atomic E-state index is 4.37. The van der Waals surface area contributed by atoms with Crippen LogP contribution in [0.3, 0.4) is 0 Å². The molecule has 0 fully saturated rings. The summed E-state index contributed by atoms with van der Waals surface area (Å²) in [6.45, 7) is 6.55. The van der Waals surface area contributed by atoms with Crippen LogP contribution in [0.2, 0.25) is 0 Å². The minimum absolute atomic E-state index is 0.741. The quantitative estimate of drug-likeness (QED) is 0.810. The zero-order valence-electron chi connectivity index (χ0n) is 11.1. The lowest BCUT2D eigenvalue weighted by molar-refractivity contribution is 0.380. The Bertz CT molecular complexity index is 392. The van der Waals surface area contributed by atoms with Crippen LogP contribution in [0.4, 0.5) is 0 Å². The molecule has 3 nitrogen and oxygen atoms in total. The fourth-order valence-electron chi connectivity index (χ4n) is 2.80. The summed E-state index contributed by atoms with van der Waals surface area (Å²) in [5, 5.41) is 7.89. The Kier molecular flexibility index (Phi) is 4.00. The smallest absolute Gasteiger partial charge is 0.0762 e. The van der Waals surface area contributed by atoms with Crippen molar-refractivity contribution in [1.82, 2.24) is 15.1 Å². The largest absolute Gasteiger partial charge is 0.311 e. The van der Waals surface area contributed by atoms with Gasteiger partial charge in [-0.2, -0.15) is 5.10 Å². The van der Waals surface area contributed by atoms with Gasteiger partial charge in [0, 0.05) is 19.8 Å². The Morgan fingerprint density at radius 2 is 2.35 bits per heavy atom. The van der Waals surface area contributed by atoms with Gasteiger partial charge in [-0.3, -0.25) is 4.68 Å². The number of hydrogen-bond donors (Lipinski definition) is 1. The van der Waals surface area contributed by atoms with Crippen LogP contribution in [0.5, 0.6) is 0 Å². The van der Waals surface area contributed by atoms with Gasteiger partial charge in [0.05, 0.1) is 5.69 Å². The minimum Gasteiger partial charge on any atom is -0.311 e. The Morgan fingerprint density at radius 3 is 3.00 bits per heavy atom. The van der Waals surface area contributed by atoms with Crippen LogP contribution in [0, 0.1) is 11.8 Å². The van der Waals surface area contributed by atoms with Crippen molar-refractivity contribution in [1.29, 1.82) is 0 Å². The summed E-state index contributed by atoms with van der Waals surface area (Å²) >= 11 is 0. The van der Waals surface area contributed by atoms with Crippen LogP contribution in [0.15, 0.2) is 23.9 Å². The van der Waals surface area contributed by atoms with Crippen LogP contribution in [0.1, 0.15) is 32.4 Å². The van der Waals surface area contributed by atoms with Crippen LogP contribution in [0.25, 0.3) is 0 Å². The monoisotopic (exact) mass is 233 g/mol. The van der Waals surface area contributed by atoms with E-state index in [0.717, 1.165) is 30.6 Å². The molecular formula is C14H23N3. The Morgan fingerprint density at radius 1 is 1.53 bits per heavy atom. The predicted octanol–water partition coefficient (Wildman–Crippen LogP) is 2.50. The molecule has 1 aromatic heterocycles. The summed E-state index contributed by atoms with van der Waals surface area (Å²) in [6, 6.07) is 2.07. The molecule has 0 saturated carbocycles. The number of hydrogen-bond acceptors (Lipinski definition) is 2. The highest BCUT2D eigenvalue weighted by atomic mass is 15.3. The predicted molar refractivity (Wildman–Crippen MR) is 70.6 cm³/mol. The molecule has 1 aliphatic rings. The van der Waals surface area contributed by atoms with Gasteiger partial charge < -0.3 is 5.32 Å². The third kappa shape index (κ3) is 3.70. The lowest BCUT2D eigenvalue weighted by Gasteiger charge is -2.25.